The van der Waals surface area contributed by atoms with E-state index in [-0.39, 0.29) is 27.9 Å². The Morgan fingerprint density at radius 1 is 0.979 bits per heavy atom. The number of methoxy groups -OCH3 is 1. The second-order valence-corrected chi connectivity index (χ2v) is 13.8. The minimum Gasteiger partial charge on any atom is -0.497 e. The summed E-state index contributed by atoms with van der Waals surface area (Å²) < 4.78 is 38.6. The number of nitro benzene ring substituents is 1. The van der Waals surface area contributed by atoms with Gasteiger partial charge < -0.3 is 8.92 Å². The molecule has 0 saturated heterocycles. The maximum atomic E-state index is 14.0. The summed E-state index contributed by atoms with van der Waals surface area (Å²) in [5, 5.41) is 11.3. The number of rotatable bonds is 7. The molecule has 2 heterocycles. The molecule has 12 heteroatoms. The van der Waals surface area contributed by atoms with Crippen molar-refractivity contribution in [1.82, 2.24) is 4.57 Å². The van der Waals surface area contributed by atoms with Crippen molar-refractivity contribution in [3.8, 4) is 11.5 Å². The van der Waals surface area contributed by atoms with Crippen molar-refractivity contribution in [2.24, 2.45) is 4.99 Å². The maximum absolute atomic E-state index is 14.0. The number of thiazole rings is 1. The highest BCUT2D eigenvalue weighted by molar-refractivity contribution is 7.87. The van der Waals surface area contributed by atoms with Gasteiger partial charge in [0.05, 0.1) is 28.3 Å². The molecular weight excluding hydrogens is 639 g/mol. The molecule has 0 spiro atoms. The third kappa shape index (κ3) is 5.55. The molecule has 0 N–H and O–H groups in total. The maximum Gasteiger partial charge on any atom is 0.339 e. The molecule has 10 nitrogen and oxygen atoms in total. The van der Waals surface area contributed by atoms with E-state index in [1.165, 1.54) is 48.1 Å². The van der Waals surface area contributed by atoms with E-state index in [4.69, 9.17) is 13.9 Å². The van der Waals surface area contributed by atoms with E-state index < -0.39 is 15.0 Å². The summed E-state index contributed by atoms with van der Waals surface area (Å²) in [6.07, 6.45) is 3.37. The number of benzene rings is 4. The van der Waals surface area contributed by atoms with Crippen LogP contribution in [0.25, 0.3) is 11.8 Å². The molecule has 1 aliphatic heterocycles. The average Bonchev–Trinajstić information content (AvgIpc) is 3.38. The zero-order valence-corrected chi connectivity index (χ0v) is 26.9. The number of allylic oxidation sites excluding steroid dienone is 1. The number of ether oxygens (including phenoxy) is 1. The second-order valence-electron chi connectivity index (χ2n) is 11.2. The minimum atomic E-state index is -4.33. The van der Waals surface area contributed by atoms with Gasteiger partial charge in [-0.15, -0.1) is 0 Å². The van der Waals surface area contributed by atoms with Crippen LogP contribution >= 0.6 is 11.3 Å². The highest BCUT2D eigenvalue weighted by Gasteiger charge is 2.32. The lowest BCUT2D eigenvalue weighted by Crippen LogP contribution is -2.38. The van der Waals surface area contributed by atoms with Crippen LogP contribution in [-0.2, 0) is 16.5 Å². The molecule has 4 aromatic carbocycles. The second kappa shape index (κ2) is 11.8. The van der Waals surface area contributed by atoms with E-state index in [2.05, 4.69) is 12.1 Å². The van der Waals surface area contributed by atoms with E-state index >= 15 is 0 Å². The van der Waals surface area contributed by atoms with E-state index in [9.17, 15) is 23.3 Å². The number of aryl methyl sites for hydroxylation is 2. The highest BCUT2D eigenvalue weighted by Crippen LogP contribution is 2.41. The first-order valence-electron chi connectivity index (χ1n) is 14.7. The van der Waals surface area contributed by atoms with Crippen LogP contribution in [0.3, 0.4) is 0 Å². The number of fused-ring (bicyclic) bond motifs is 3. The van der Waals surface area contributed by atoms with Gasteiger partial charge in [0.15, 0.2) is 4.80 Å². The van der Waals surface area contributed by atoms with E-state index in [0.29, 0.717) is 20.5 Å². The zero-order chi connectivity index (χ0) is 32.9. The monoisotopic (exact) mass is 665 g/mol. The molecule has 1 aliphatic carbocycles. The number of hydrogen-bond acceptors (Lipinski definition) is 9. The lowest BCUT2D eigenvalue weighted by molar-refractivity contribution is -0.385. The summed E-state index contributed by atoms with van der Waals surface area (Å²) in [6.45, 7) is 1.53. The lowest BCUT2D eigenvalue weighted by atomic mass is 9.83. The predicted molar refractivity (Wildman–Crippen MR) is 178 cm³/mol. The largest absolute Gasteiger partial charge is 0.497 e. The van der Waals surface area contributed by atoms with E-state index in [0.717, 1.165) is 47.1 Å². The third-order valence-electron chi connectivity index (χ3n) is 8.35. The molecule has 1 atom stereocenters. The molecule has 1 aromatic heterocycles. The Morgan fingerprint density at radius 2 is 1.70 bits per heavy atom. The summed E-state index contributed by atoms with van der Waals surface area (Å²) >= 11 is 1.30. The van der Waals surface area contributed by atoms with Gasteiger partial charge in [-0.05, 0) is 78.4 Å². The van der Waals surface area contributed by atoms with Gasteiger partial charge in [0, 0.05) is 17.2 Å². The number of nitro groups is 1. The molecule has 0 unspecified atom stereocenters. The topological polar surface area (TPSA) is 130 Å². The van der Waals surface area contributed by atoms with E-state index in [1.54, 1.807) is 29.9 Å². The number of nitrogens with zero attached hydrogens (tertiary/aromatic N) is 3. The molecule has 0 fully saturated rings. The van der Waals surface area contributed by atoms with Crippen molar-refractivity contribution in [1.29, 1.82) is 0 Å². The third-order valence-corrected chi connectivity index (χ3v) is 10.6. The molecular formula is C35H27N3O7S2. The van der Waals surface area contributed by atoms with Gasteiger partial charge in [0.1, 0.15) is 16.4 Å². The Kier molecular flexibility index (Phi) is 7.61. The van der Waals surface area contributed by atoms with Crippen molar-refractivity contribution < 1.29 is 22.3 Å². The minimum absolute atomic E-state index is 0.0256. The Morgan fingerprint density at radius 3 is 2.43 bits per heavy atom. The number of hydrogen-bond donors (Lipinski definition) is 0. The van der Waals surface area contributed by atoms with Crippen molar-refractivity contribution in [2.75, 3.05) is 7.11 Å². The normalized spacial score (nSPS) is 15.7. The summed E-state index contributed by atoms with van der Waals surface area (Å²) in [5.74, 6) is 0.752. The first kappa shape index (κ1) is 30.3. The van der Waals surface area contributed by atoms with Crippen LogP contribution in [0.4, 0.5) is 5.69 Å². The fraction of sp³-hybridized carbons (Fsp3) is 0.143. The summed E-state index contributed by atoms with van der Waals surface area (Å²) in [6, 6.07) is 25.5. The molecule has 236 valence electrons. The van der Waals surface area contributed by atoms with Crippen LogP contribution in [-0.4, -0.2) is 25.0 Å². The standard InChI is InChI=1S/C35H27N3O7S2/c1-21-7-17-27(20-30(21)38(40)41)47(42,43)45-26-13-8-22(9-14-26)19-31-34(39)37-33(24-10-15-25(44-2)16-11-24)29-18-12-23-5-3-4-6-28(23)32(29)36-35(37)46-31/h3-11,13-17,19-20,33H,12,18H2,1-2H3/b31-19-/t33-/m0/s1. The van der Waals surface area contributed by atoms with Crippen LogP contribution < -0.4 is 23.8 Å². The molecule has 2 aliphatic rings. The quantitative estimate of drug-likeness (QED) is 0.131. The molecule has 0 saturated carbocycles. The Labute approximate surface area is 273 Å². The highest BCUT2D eigenvalue weighted by atomic mass is 32.2. The van der Waals surface area contributed by atoms with Crippen molar-refractivity contribution in [3.05, 3.63) is 154 Å². The van der Waals surface area contributed by atoms with Crippen molar-refractivity contribution in [3.63, 3.8) is 0 Å². The fourth-order valence-corrected chi connectivity index (χ4v) is 7.95. The van der Waals surface area contributed by atoms with Crippen LogP contribution in [0.5, 0.6) is 11.5 Å². The lowest BCUT2D eigenvalue weighted by Gasteiger charge is -2.30. The van der Waals surface area contributed by atoms with Crippen LogP contribution in [0.2, 0.25) is 0 Å². The summed E-state index contributed by atoms with van der Waals surface area (Å²) in [4.78, 5) is 30.0. The van der Waals surface area contributed by atoms with E-state index in [1.807, 2.05) is 36.4 Å². The van der Waals surface area contributed by atoms with Gasteiger partial charge in [0.2, 0.25) is 0 Å². The first-order chi connectivity index (χ1) is 22.6. The Balaban J connectivity index is 1.25. The van der Waals surface area contributed by atoms with Crippen molar-refractivity contribution in [2.45, 2.75) is 30.7 Å². The summed E-state index contributed by atoms with van der Waals surface area (Å²) in [7, 11) is -2.71. The number of aromatic nitrogens is 1. The molecule has 0 radical (unpaired) electrons. The van der Waals surface area contributed by atoms with Gasteiger partial charge in [-0.25, -0.2) is 4.99 Å². The molecule has 0 amide bonds. The fourth-order valence-electron chi connectivity index (χ4n) is 6.00. The van der Waals surface area contributed by atoms with Gasteiger partial charge >= 0.3 is 10.1 Å². The Hall–Kier alpha value is -5.33. The smallest absolute Gasteiger partial charge is 0.339 e. The Bertz CT molecular complexity index is 2390. The van der Waals surface area contributed by atoms with Gasteiger partial charge in [-0.2, -0.15) is 8.42 Å². The van der Waals surface area contributed by atoms with Crippen molar-refractivity contribution >= 4 is 38.9 Å². The molecule has 0 bridgehead atoms. The molecule has 5 aromatic rings. The molecule has 47 heavy (non-hydrogen) atoms. The van der Waals surface area contributed by atoms with Crippen LogP contribution in [0.15, 0.2) is 111 Å². The SMILES string of the molecule is COc1ccc([C@H]2C3=C(N=c4s/c(=C\c5ccc(OS(=O)(=O)c6ccc(C)c([N+](=O)[O-])c6)cc5)c(=O)n42)c2ccccc2CC3)cc1. The average molecular weight is 666 g/mol. The van der Waals surface area contributed by atoms with Gasteiger partial charge in [-0.1, -0.05) is 65.9 Å². The van der Waals surface area contributed by atoms with Gasteiger partial charge in [-0.3, -0.25) is 19.5 Å². The van der Waals surface area contributed by atoms with Crippen LogP contribution in [0.1, 0.15) is 40.3 Å². The summed E-state index contributed by atoms with van der Waals surface area (Å²) in [5.41, 5.74) is 5.77. The van der Waals surface area contributed by atoms with Crippen LogP contribution in [0, 0.1) is 17.0 Å². The van der Waals surface area contributed by atoms with Gasteiger partial charge in [0.25, 0.3) is 11.2 Å². The molecule has 7 rings (SSSR count). The predicted octanol–water partition coefficient (Wildman–Crippen LogP) is 5.31. The first-order valence-corrected chi connectivity index (χ1v) is 16.9. The zero-order valence-electron chi connectivity index (χ0n) is 25.2.